The van der Waals surface area contributed by atoms with Crippen molar-refractivity contribution in [3.8, 4) is 0 Å². The Labute approximate surface area is 157 Å². The number of piperidine rings is 1. The molecule has 9 heteroatoms. The zero-order chi connectivity index (χ0) is 18.7. The van der Waals surface area contributed by atoms with Crippen LogP contribution in [0.25, 0.3) is 0 Å². The van der Waals surface area contributed by atoms with E-state index in [0.717, 1.165) is 0 Å². The van der Waals surface area contributed by atoms with Crippen LogP contribution in [-0.2, 0) is 21.4 Å². The van der Waals surface area contributed by atoms with Gasteiger partial charge in [-0.2, -0.15) is 4.31 Å². The first kappa shape index (κ1) is 18.9. The quantitative estimate of drug-likeness (QED) is 0.835. The maximum absolute atomic E-state index is 12.7. The molecule has 7 nitrogen and oxygen atoms in total. The minimum atomic E-state index is -3.56. The van der Waals surface area contributed by atoms with E-state index in [1.165, 1.54) is 22.8 Å². The zero-order valence-electron chi connectivity index (χ0n) is 14.3. The van der Waals surface area contributed by atoms with Gasteiger partial charge < -0.3 is 9.73 Å². The van der Waals surface area contributed by atoms with Gasteiger partial charge in [-0.1, -0.05) is 11.6 Å². The summed E-state index contributed by atoms with van der Waals surface area (Å²) in [4.78, 5) is 16.6. The van der Waals surface area contributed by atoms with E-state index in [0.29, 0.717) is 49.0 Å². The molecule has 3 rings (SSSR count). The molecule has 140 valence electrons. The molecule has 1 aliphatic rings. The Kier molecular flexibility index (Phi) is 5.64. The number of aryl methyl sites for hydroxylation is 1. The molecule has 1 aromatic carbocycles. The summed E-state index contributed by atoms with van der Waals surface area (Å²) in [5.74, 6) is 0.379. The minimum Gasteiger partial charge on any atom is -0.448 e. The van der Waals surface area contributed by atoms with E-state index in [9.17, 15) is 13.2 Å². The molecule has 2 heterocycles. The second kappa shape index (κ2) is 7.77. The molecule has 1 saturated heterocycles. The number of halogens is 1. The third kappa shape index (κ3) is 4.08. The number of hydrogen-bond donors (Lipinski definition) is 1. The van der Waals surface area contributed by atoms with E-state index in [2.05, 4.69) is 10.3 Å². The molecule has 0 atom stereocenters. The largest absolute Gasteiger partial charge is 0.448 e. The van der Waals surface area contributed by atoms with E-state index in [4.69, 9.17) is 16.0 Å². The number of carbonyl (C=O) groups excluding carboxylic acids is 1. The van der Waals surface area contributed by atoms with Crippen LogP contribution in [0.15, 0.2) is 40.0 Å². The molecule has 0 aliphatic carbocycles. The number of benzene rings is 1. The molecule has 1 aromatic heterocycles. The fraction of sp³-hybridized carbons (Fsp3) is 0.412. The van der Waals surface area contributed by atoms with Crippen molar-refractivity contribution in [2.45, 2.75) is 31.2 Å². The highest BCUT2D eigenvalue weighted by Crippen LogP contribution is 2.25. The van der Waals surface area contributed by atoms with Crippen molar-refractivity contribution in [3.05, 3.63) is 47.1 Å². The predicted octanol–water partition coefficient (Wildman–Crippen LogP) is 2.35. The molecule has 1 aliphatic heterocycles. The summed E-state index contributed by atoms with van der Waals surface area (Å²) in [5, 5.41) is 3.33. The third-order valence-corrected chi connectivity index (χ3v) is 6.72. The summed E-state index contributed by atoms with van der Waals surface area (Å²) in [6.07, 6.45) is 2.31. The van der Waals surface area contributed by atoms with Gasteiger partial charge in [0.25, 0.3) is 0 Å². The van der Waals surface area contributed by atoms with Crippen molar-refractivity contribution in [2.24, 2.45) is 5.92 Å². The molecule has 1 N–H and O–H groups in total. The summed E-state index contributed by atoms with van der Waals surface area (Å²) in [6.45, 7) is 2.72. The van der Waals surface area contributed by atoms with E-state index < -0.39 is 10.0 Å². The van der Waals surface area contributed by atoms with Crippen LogP contribution in [0.2, 0.25) is 5.02 Å². The van der Waals surface area contributed by atoms with Crippen molar-refractivity contribution < 1.29 is 17.6 Å². The predicted molar refractivity (Wildman–Crippen MR) is 96.0 cm³/mol. The lowest BCUT2D eigenvalue weighted by Crippen LogP contribution is -2.42. The number of nitrogens with one attached hydrogen (secondary N) is 1. The molecule has 0 radical (unpaired) electrons. The highest BCUT2D eigenvalue weighted by atomic mass is 35.5. The molecule has 0 unspecified atom stereocenters. The first-order valence-electron chi connectivity index (χ1n) is 8.30. The smallest absolute Gasteiger partial charge is 0.243 e. The normalized spacial score (nSPS) is 16.5. The molecule has 26 heavy (non-hydrogen) atoms. The van der Waals surface area contributed by atoms with Gasteiger partial charge in [-0.25, -0.2) is 13.4 Å². The second-order valence-electron chi connectivity index (χ2n) is 6.21. The minimum absolute atomic E-state index is 0.0871. The summed E-state index contributed by atoms with van der Waals surface area (Å²) in [6, 6.07) is 6.11. The SMILES string of the molecule is Cc1ocnc1CNC(=O)C1CCN(S(=O)(=O)c2ccc(Cl)cc2)CC1. The van der Waals surface area contributed by atoms with Crippen molar-refractivity contribution in [1.82, 2.24) is 14.6 Å². The molecular weight excluding hydrogens is 378 g/mol. The average Bonchev–Trinajstić information content (AvgIpc) is 3.05. The summed E-state index contributed by atoms with van der Waals surface area (Å²) < 4.78 is 31.8. The highest BCUT2D eigenvalue weighted by Gasteiger charge is 2.32. The molecule has 1 amide bonds. The van der Waals surface area contributed by atoms with Gasteiger partial charge in [-0.15, -0.1) is 0 Å². The maximum Gasteiger partial charge on any atom is 0.243 e. The lowest BCUT2D eigenvalue weighted by atomic mass is 9.97. The topological polar surface area (TPSA) is 92.5 Å². The molecule has 0 spiro atoms. The van der Waals surface area contributed by atoms with Gasteiger partial charge in [0.05, 0.1) is 11.4 Å². The Morgan fingerprint density at radius 1 is 1.31 bits per heavy atom. The Morgan fingerprint density at radius 3 is 2.54 bits per heavy atom. The van der Waals surface area contributed by atoms with Crippen molar-refractivity contribution in [3.63, 3.8) is 0 Å². The third-order valence-electron chi connectivity index (χ3n) is 4.55. The van der Waals surface area contributed by atoms with Gasteiger partial charge in [0.15, 0.2) is 6.39 Å². The number of aromatic nitrogens is 1. The number of rotatable bonds is 5. The molecule has 0 bridgehead atoms. The van der Waals surface area contributed by atoms with E-state index in [1.54, 1.807) is 19.1 Å². The van der Waals surface area contributed by atoms with Crippen LogP contribution in [-0.4, -0.2) is 36.7 Å². The molecule has 0 saturated carbocycles. The van der Waals surface area contributed by atoms with Gasteiger partial charge in [-0.05, 0) is 44.0 Å². The molecule has 2 aromatic rings. The van der Waals surface area contributed by atoms with Crippen molar-refractivity contribution in [2.75, 3.05) is 13.1 Å². The van der Waals surface area contributed by atoms with Gasteiger partial charge in [0.1, 0.15) is 11.5 Å². The number of amides is 1. The number of carbonyl (C=O) groups is 1. The first-order chi connectivity index (χ1) is 12.4. The molecular formula is C17H20ClN3O4S. The summed E-state index contributed by atoms with van der Waals surface area (Å²) in [5.41, 5.74) is 0.695. The van der Waals surface area contributed by atoms with Crippen LogP contribution in [0.5, 0.6) is 0 Å². The first-order valence-corrected chi connectivity index (χ1v) is 10.1. The van der Waals surface area contributed by atoms with Crippen LogP contribution in [0.4, 0.5) is 0 Å². The lowest BCUT2D eigenvalue weighted by molar-refractivity contribution is -0.126. The average molecular weight is 398 g/mol. The van der Waals surface area contributed by atoms with Crippen LogP contribution in [0.3, 0.4) is 0 Å². The Morgan fingerprint density at radius 2 is 1.96 bits per heavy atom. The second-order valence-corrected chi connectivity index (χ2v) is 8.58. The zero-order valence-corrected chi connectivity index (χ0v) is 15.9. The van der Waals surface area contributed by atoms with Gasteiger partial charge in [0, 0.05) is 24.0 Å². The summed E-state index contributed by atoms with van der Waals surface area (Å²) in [7, 11) is -3.56. The standard InChI is InChI=1S/C17H20ClN3O4S/c1-12-16(20-11-25-12)10-19-17(22)13-6-8-21(9-7-13)26(23,24)15-4-2-14(18)3-5-15/h2-5,11,13H,6-10H2,1H3,(H,19,22). The van der Waals surface area contributed by atoms with Crippen LogP contribution >= 0.6 is 11.6 Å². The Bertz CT molecular complexity index is 872. The van der Waals surface area contributed by atoms with Gasteiger partial charge in [0.2, 0.25) is 15.9 Å². The van der Waals surface area contributed by atoms with Crippen LogP contribution < -0.4 is 5.32 Å². The Hall–Kier alpha value is -1.90. The maximum atomic E-state index is 12.7. The fourth-order valence-corrected chi connectivity index (χ4v) is 4.52. The van der Waals surface area contributed by atoms with Crippen LogP contribution in [0, 0.1) is 12.8 Å². The van der Waals surface area contributed by atoms with E-state index in [-0.39, 0.29) is 16.7 Å². The number of oxazole rings is 1. The van der Waals surface area contributed by atoms with Gasteiger partial charge >= 0.3 is 0 Å². The van der Waals surface area contributed by atoms with E-state index in [1.807, 2.05) is 0 Å². The van der Waals surface area contributed by atoms with Crippen LogP contribution in [0.1, 0.15) is 24.3 Å². The van der Waals surface area contributed by atoms with Crippen molar-refractivity contribution in [1.29, 1.82) is 0 Å². The number of sulfonamides is 1. The highest BCUT2D eigenvalue weighted by molar-refractivity contribution is 7.89. The Balaban J connectivity index is 1.55. The number of nitrogens with zero attached hydrogens (tertiary/aromatic N) is 2. The fourth-order valence-electron chi connectivity index (χ4n) is 2.93. The number of hydrogen-bond acceptors (Lipinski definition) is 5. The van der Waals surface area contributed by atoms with Gasteiger partial charge in [-0.3, -0.25) is 4.79 Å². The van der Waals surface area contributed by atoms with E-state index >= 15 is 0 Å². The van der Waals surface area contributed by atoms with Crippen molar-refractivity contribution >= 4 is 27.5 Å². The molecule has 1 fully saturated rings. The lowest BCUT2D eigenvalue weighted by Gasteiger charge is -2.30. The summed E-state index contributed by atoms with van der Waals surface area (Å²) >= 11 is 5.81. The monoisotopic (exact) mass is 397 g/mol.